The van der Waals surface area contributed by atoms with Crippen molar-refractivity contribution >= 4 is 51.2 Å². The number of thiocarbonyl (C=S) groups is 1. The van der Waals surface area contributed by atoms with E-state index in [1.54, 1.807) is 0 Å². The Labute approximate surface area is 248 Å². The number of rotatable bonds is 10. The highest BCUT2D eigenvalue weighted by molar-refractivity contribution is 7.80. The van der Waals surface area contributed by atoms with Crippen molar-refractivity contribution in [2.75, 3.05) is 38.5 Å². The van der Waals surface area contributed by atoms with E-state index in [1.165, 1.54) is 27.6 Å². The number of nitrogens with zero attached hydrogens (tertiary/aromatic N) is 3. The molecule has 5 rings (SSSR count). The number of nitrogens with one attached hydrogen (secondary N) is 2. The molecular weight excluding hydrogens is 530 g/mol. The van der Waals surface area contributed by atoms with Gasteiger partial charge in [0.15, 0.2) is 0 Å². The largest absolute Gasteiger partial charge is 0.352 e. The van der Waals surface area contributed by atoms with Gasteiger partial charge in [-0.15, -0.1) is 0 Å². The number of anilines is 1. The quantitative estimate of drug-likeness (QED) is 0.254. The topological polar surface area (TPSA) is 69.6 Å². The summed E-state index contributed by atoms with van der Waals surface area (Å²) in [5.74, 6) is 0.0626. The Bertz CT molecular complexity index is 1470. The maximum absolute atomic E-state index is 13.2. The van der Waals surface area contributed by atoms with E-state index in [1.807, 2.05) is 36.1 Å². The third kappa shape index (κ3) is 6.09. The monoisotopic (exact) mass is 571 g/mol. The van der Waals surface area contributed by atoms with Gasteiger partial charge in [-0.05, 0) is 94.1 Å². The van der Waals surface area contributed by atoms with Crippen LogP contribution in [0, 0.1) is 5.92 Å². The molecule has 8 heteroatoms. The molecule has 0 spiro atoms. The van der Waals surface area contributed by atoms with Crippen molar-refractivity contribution in [3.8, 4) is 0 Å². The lowest BCUT2D eigenvalue weighted by atomic mass is 9.79. The maximum Gasteiger partial charge on any atom is 0.251 e. The van der Waals surface area contributed by atoms with Gasteiger partial charge in [-0.2, -0.15) is 0 Å². The molecule has 2 amide bonds. The Hall–Kier alpha value is -3.49. The number of benzene rings is 2. The molecule has 0 saturated carbocycles. The third-order valence-corrected chi connectivity index (χ3v) is 8.54. The number of hydrogen-bond acceptors (Lipinski definition) is 4. The van der Waals surface area contributed by atoms with Gasteiger partial charge in [-0.25, -0.2) is 0 Å². The van der Waals surface area contributed by atoms with Crippen LogP contribution in [0.1, 0.15) is 55.1 Å². The normalized spacial score (nSPS) is 18.0. The van der Waals surface area contributed by atoms with Crippen LogP contribution >= 0.6 is 12.2 Å². The summed E-state index contributed by atoms with van der Waals surface area (Å²) in [5.41, 5.74) is 6.73. The van der Waals surface area contributed by atoms with Crippen molar-refractivity contribution < 1.29 is 9.59 Å². The molecule has 2 aromatic carbocycles. The number of aromatic nitrogens is 1. The zero-order chi connectivity index (χ0) is 29.1. The first-order valence-corrected chi connectivity index (χ1v) is 15.2. The fraction of sp³-hybridized carbons (Fsp3) is 0.424. The van der Waals surface area contributed by atoms with Crippen LogP contribution < -0.4 is 10.6 Å². The first-order chi connectivity index (χ1) is 19.8. The second kappa shape index (κ2) is 12.6. The van der Waals surface area contributed by atoms with Crippen LogP contribution in [0.4, 0.5) is 5.69 Å². The smallest absolute Gasteiger partial charge is 0.251 e. The fourth-order valence-electron chi connectivity index (χ4n) is 6.36. The Kier molecular flexibility index (Phi) is 8.90. The van der Waals surface area contributed by atoms with Crippen LogP contribution in [0.3, 0.4) is 0 Å². The lowest BCUT2D eigenvalue weighted by Crippen LogP contribution is -2.47. The molecule has 0 bridgehead atoms. The second-order valence-electron chi connectivity index (χ2n) is 11.2. The van der Waals surface area contributed by atoms with E-state index in [9.17, 15) is 9.59 Å². The van der Waals surface area contributed by atoms with Gasteiger partial charge in [0.2, 0.25) is 5.91 Å². The average molecular weight is 572 g/mol. The van der Waals surface area contributed by atoms with Crippen molar-refractivity contribution in [2.45, 2.75) is 52.6 Å². The number of aryl methyl sites for hydroxylation is 1. The third-order valence-electron chi connectivity index (χ3n) is 8.44. The molecule has 1 aliphatic heterocycles. The summed E-state index contributed by atoms with van der Waals surface area (Å²) in [5, 5.41) is 7.46. The summed E-state index contributed by atoms with van der Waals surface area (Å²) in [6, 6.07) is 14.2. The molecule has 2 atom stereocenters. The summed E-state index contributed by atoms with van der Waals surface area (Å²) in [6.45, 7) is 9.71. The lowest BCUT2D eigenvalue weighted by molar-refractivity contribution is -0.134. The zero-order valence-electron chi connectivity index (χ0n) is 24.6. The number of carbonyl (C=O) groups is 2. The SMILES string of the molecule is CCN(CC)C(=O)[C@@H]1C=C2c3cccc4c3c(cn4CCCCNC(=O)c3ccc(NC(C)=S)cc3)C[C@H]2N(C)C1. The highest BCUT2D eigenvalue weighted by atomic mass is 32.1. The van der Waals surface area contributed by atoms with Crippen LogP contribution in [0.5, 0.6) is 0 Å². The fourth-order valence-corrected chi connectivity index (χ4v) is 6.47. The average Bonchev–Trinajstić information content (AvgIpc) is 3.32. The van der Waals surface area contributed by atoms with E-state index in [4.69, 9.17) is 12.2 Å². The van der Waals surface area contributed by atoms with E-state index in [0.29, 0.717) is 23.1 Å². The Morgan fingerprint density at radius 2 is 1.83 bits per heavy atom. The van der Waals surface area contributed by atoms with E-state index in [0.717, 1.165) is 51.1 Å². The number of unbranched alkanes of at least 4 members (excludes halogenated alkanes) is 1. The molecule has 0 fully saturated rings. The summed E-state index contributed by atoms with van der Waals surface area (Å²) in [7, 11) is 2.16. The van der Waals surface area contributed by atoms with Crippen molar-refractivity contribution in [2.24, 2.45) is 5.92 Å². The molecule has 1 aromatic heterocycles. The van der Waals surface area contributed by atoms with Crippen LogP contribution in [0.15, 0.2) is 54.7 Å². The summed E-state index contributed by atoms with van der Waals surface area (Å²) in [6.07, 6.45) is 7.41. The zero-order valence-corrected chi connectivity index (χ0v) is 25.4. The molecule has 216 valence electrons. The highest BCUT2D eigenvalue weighted by Crippen LogP contribution is 2.42. The number of carbonyl (C=O) groups excluding carboxylic acids is 2. The van der Waals surface area contributed by atoms with Gasteiger partial charge >= 0.3 is 0 Å². The van der Waals surface area contributed by atoms with E-state index >= 15 is 0 Å². The van der Waals surface area contributed by atoms with Gasteiger partial charge in [0.05, 0.1) is 10.9 Å². The number of amides is 2. The molecular formula is C33H41N5O2S. The molecule has 0 unspecified atom stereocenters. The van der Waals surface area contributed by atoms with E-state index < -0.39 is 0 Å². The van der Waals surface area contributed by atoms with Gasteiger partial charge in [-0.1, -0.05) is 30.4 Å². The lowest BCUT2D eigenvalue weighted by Gasteiger charge is -2.40. The molecule has 7 nitrogen and oxygen atoms in total. The first-order valence-electron chi connectivity index (χ1n) is 14.8. The highest BCUT2D eigenvalue weighted by Gasteiger charge is 2.36. The summed E-state index contributed by atoms with van der Waals surface area (Å²) in [4.78, 5) is 30.8. The summed E-state index contributed by atoms with van der Waals surface area (Å²) >= 11 is 5.07. The molecule has 0 saturated heterocycles. The van der Waals surface area contributed by atoms with Crippen LogP contribution in [0.2, 0.25) is 0 Å². The Morgan fingerprint density at radius 3 is 2.54 bits per heavy atom. The minimum absolute atomic E-state index is 0.0577. The minimum Gasteiger partial charge on any atom is -0.352 e. The van der Waals surface area contributed by atoms with Crippen molar-refractivity contribution in [1.29, 1.82) is 0 Å². The maximum atomic E-state index is 13.2. The van der Waals surface area contributed by atoms with E-state index in [-0.39, 0.29) is 17.7 Å². The van der Waals surface area contributed by atoms with Crippen molar-refractivity contribution in [1.82, 2.24) is 19.7 Å². The molecule has 1 aliphatic carbocycles. The van der Waals surface area contributed by atoms with Crippen molar-refractivity contribution in [3.05, 3.63) is 71.4 Å². The minimum atomic E-state index is -0.107. The standard InChI is InChI=1S/C33H41N5O2S/c1-5-37(6-2)33(40)25-18-28-27-10-9-11-29-31(27)24(19-30(28)36(4)20-25)21-38(29)17-8-7-16-34-32(39)23-12-14-26(15-13-23)35-22(3)41/h9-15,18,21,25,30H,5-8,16-17,19-20H2,1-4H3,(H,34,39)(H,35,41)/t25-,30-/m1/s1. The van der Waals surface area contributed by atoms with E-state index in [2.05, 4.69) is 71.5 Å². The van der Waals surface area contributed by atoms with Crippen molar-refractivity contribution in [3.63, 3.8) is 0 Å². The van der Waals surface area contributed by atoms with Gasteiger partial charge < -0.3 is 20.1 Å². The number of hydrogen-bond donors (Lipinski definition) is 2. The number of likely N-dealkylation sites (N-methyl/N-ethyl adjacent to an activating group) is 1. The Morgan fingerprint density at radius 1 is 1.07 bits per heavy atom. The predicted molar refractivity (Wildman–Crippen MR) is 171 cm³/mol. The molecule has 2 heterocycles. The molecule has 2 aliphatic rings. The molecule has 41 heavy (non-hydrogen) atoms. The van der Waals surface area contributed by atoms with Crippen LogP contribution in [-0.4, -0.2) is 70.4 Å². The predicted octanol–water partition coefficient (Wildman–Crippen LogP) is 5.35. The number of fused-ring (bicyclic) bond motifs is 2. The summed E-state index contributed by atoms with van der Waals surface area (Å²) < 4.78 is 2.37. The molecule has 0 radical (unpaired) electrons. The molecule has 3 aromatic rings. The van der Waals surface area contributed by atoms with Gasteiger partial charge in [0.1, 0.15) is 0 Å². The van der Waals surface area contributed by atoms with Gasteiger partial charge in [0.25, 0.3) is 5.91 Å². The van der Waals surface area contributed by atoms with Crippen LogP contribution in [0.25, 0.3) is 16.5 Å². The van der Waals surface area contributed by atoms with Crippen LogP contribution in [-0.2, 0) is 17.8 Å². The van der Waals surface area contributed by atoms with Gasteiger partial charge in [0, 0.05) is 67.1 Å². The van der Waals surface area contributed by atoms with Gasteiger partial charge in [-0.3, -0.25) is 14.5 Å². The second-order valence-corrected chi connectivity index (χ2v) is 11.8. The Balaban J connectivity index is 1.23. The first kappa shape index (κ1) is 29.0. The molecule has 2 N–H and O–H groups in total.